The quantitative estimate of drug-likeness (QED) is 0.641. The van der Waals surface area contributed by atoms with E-state index in [4.69, 9.17) is 11.6 Å². The lowest BCUT2D eigenvalue weighted by Gasteiger charge is -2.08. The molecule has 0 saturated carbocycles. The molecule has 0 amide bonds. The van der Waals surface area contributed by atoms with Crippen molar-refractivity contribution in [2.24, 2.45) is 0 Å². The van der Waals surface area contributed by atoms with Crippen LogP contribution >= 0.6 is 11.6 Å². The number of hydrogen-bond donors (Lipinski definition) is 1. The van der Waals surface area contributed by atoms with Crippen LogP contribution in [0.3, 0.4) is 0 Å². The molecule has 0 bridgehead atoms. The van der Waals surface area contributed by atoms with E-state index < -0.39 is 18.4 Å². The van der Waals surface area contributed by atoms with Crippen LogP contribution < -0.4 is 5.32 Å². The molecule has 1 N–H and O–H groups in total. The van der Waals surface area contributed by atoms with Crippen molar-refractivity contribution in [3.63, 3.8) is 0 Å². The summed E-state index contributed by atoms with van der Waals surface area (Å²) in [6.45, 7) is -0.176. The molecule has 1 aromatic rings. The van der Waals surface area contributed by atoms with E-state index in [0.717, 1.165) is 6.07 Å². The predicted octanol–water partition coefficient (Wildman–Crippen LogP) is 3.52. The Morgan fingerprint density at radius 1 is 1.25 bits per heavy atom. The molecule has 0 heterocycles. The van der Waals surface area contributed by atoms with E-state index in [1.165, 1.54) is 12.1 Å². The lowest BCUT2D eigenvalue weighted by atomic mass is 10.2. The van der Waals surface area contributed by atoms with Crippen LogP contribution in [0.4, 0.5) is 17.6 Å². The summed E-state index contributed by atoms with van der Waals surface area (Å²) < 4.78 is 48.5. The first-order valence-corrected chi connectivity index (χ1v) is 4.98. The highest BCUT2D eigenvalue weighted by Gasteiger charge is 2.25. The molecule has 0 radical (unpaired) electrons. The van der Waals surface area contributed by atoms with Crippen LogP contribution in [-0.4, -0.2) is 12.7 Å². The van der Waals surface area contributed by atoms with Gasteiger partial charge in [0.2, 0.25) is 0 Å². The molecule has 16 heavy (non-hydrogen) atoms. The molecule has 0 aliphatic rings. The first-order chi connectivity index (χ1) is 7.38. The third kappa shape index (κ3) is 4.81. The normalized spacial score (nSPS) is 11.8. The minimum absolute atomic E-state index is 0.0546. The maximum absolute atomic E-state index is 13.2. The molecular formula is C10H10ClF4N. The second kappa shape index (κ2) is 5.50. The average Bonchev–Trinajstić information content (AvgIpc) is 2.13. The van der Waals surface area contributed by atoms with E-state index in [1.807, 2.05) is 0 Å². The van der Waals surface area contributed by atoms with Gasteiger partial charge >= 0.3 is 6.18 Å². The Hall–Kier alpha value is -0.810. The molecule has 0 spiro atoms. The van der Waals surface area contributed by atoms with Gasteiger partial charge in [0.1, 0.15) is 5.82 Å². The van der Waals surface area contributed by atoms with Gasteiger partial charge in [0.05, 0.1) is 6.42 Å². The number of rotatable bonds is 4. The summed E-state index contributed by atoms with van der Waals surface area (Å²) in [6, 6.07) is 4.06. The molecule has 90 valence electrons. The van der Waals surface area contributed by atoms with Crippen molar-refractivity contribution in [2.75, 3.05) is 6.54 Å². The number of benzene rings is 1. The molecule has 0 aromatic heterocycles. The largest absolute Gasteiger partial charge is 0.390 e. The topological polar surface area (TPSA) is 12.0 Å². The second-order valence-electron chi connectivity index (χ2n) is 3.28. The minimum atomic E-state index is -4.19. The van der Waals surface area contributed by atoms with Crippen molar-refractivity contribution in [1.29, 1.82) is 0 Å². The molecule has 6 heteroatoms. The van der Waals surface area contributed by atoms with Gasteiger partial charge in [-0.3, -0.25) is 0 Å². The lowest BCUT2D eigenvalue weighted by Crippen LogP contribution is -2.21. The van der Waals surface area contributed by atoms with Crippen molar-refractivity contribution >= 4 is 11.6 Å². The van der Waals surface area contributed by atoms with Gasteiger partial charge in [-0.15, -0.1) is 0 Å². The summed E-state index contributed by atoms with van der Waals surface area (Å²) in [4.78, 5) is 0. The van der Waals surface area contributed by atoms with E-state index in [9.17, 15) is 17.6 Å². The number of halogens is 5. The van der Waals surface area contributed by atoms with E-state index in [1.54, 1.807) is 0 Å². The molecule has 0 fully saturated rings. The van der Waals surface area contributed by atoms with Gasteiger partial charge in [-0.1, -0.05) is 17.7 Å². The van der Waals surface area contributed by atoms with E-state index >= 15 is 0 Å². The van der Waals surface area contributed by atoms with Gasteiger partial charge in [-0.05, 0) is 12.1 Å². The monoisotopic (exact) mass is 255 g/mol. The standard InChI is InChI=1S/C10H10ClF4N/c11-8-2-1-7(9(12)5-8)6-16-4-3-10(13,14)15/h1-2,5,16H,3-4,6H2. The molecule has 0 saturated heterocycles. The summed E-state index contributed by atoms with van der Waals surface area (Å²) in [5.74, 6) is -0.521. The molecule has 0 unspecified atom stereocenters. The Bertz CT molecular complexity index is 351. The zero-order chi connectivity index (χ0) is 12.2. The van der Waals surface area contributed by atoms with Gasteiger partial charge in [0.15, 0.2) is 0 Å². The van der Waals surface area contributed by atoms with Gasteiger partial charge in [0.25, 0.3) is 0 Å². The first-order valence-electron chi connectivity index (χ1n) is 4.60. The third-order valence-electron chi connectivity index (χ3n) is 1.92. The molecule has 0 atom stereocenters. The van der Waals surface area contributed by atoms with Gasteiger partial charge in [0, 0.05) is 23.7 Å². The van der Waals surface area contributed by atoms with Crippen LogP contribution in [0.5, 0.6) is 0 Å². The molecular weight excluding hydrogens is 246 g/mol. The van der Waals surface area contributed by atoms with Crippen molar-refractivity contribution < 1.29 is 17.6 Å². The SMILES string of the molecule is Fc1cc(Cl)ccc1CNCCC(F)(F)F. The summed E-state index contributed by atoms with van der Waals surface area (Å²) in [5.41, 5.74) is 0.298. The Morgan fingerprint density at radius 2 is 1.94 bits per heavy atom. The molecule has 0 aliphatic heterocycles. The van der Waals surface area contributed by atoms with Crippen molar-refractivity contribution in [2.45, 2.75) is 19.1 Å². The summed E-state index contributed by atoms with van der Waals surface area (Å²) in [6.07, 6.45) is -5.12. The van der Waals surface area contributed by atoms with E-state index in [0.29, 0.717) is 5.56 Å². The highest BCUT2D eigenvalue weighted by molar-refractivity contribution is 6.30. The van der Waals surface area contributed by atoms with Crippen LogP contribution in [0.25, 0.3) is 0 Å². The fourth-order valence-electron chi connectivity index (χ4n) is 1.12. The minimum Gasteiger partial charge on any atom is -0.312 e. The molecule has 1 aromatic carbocycles. The van der Waals surface area contributed by atoms with Crippen molar-refractivity contribution in [1.82, 2.24) is 5.32 Å². The zero-order valence-electron chi connectivity index (χ0n) is 8.24. The molecule has 1 rings (SSSR count). The Labute approximate surface area is 95.4 Å². The van der Waals surface area contributed by atoms with Gasteiger partial charge in [-0.2, -0.15) is 13.2 Å². The Kier molecular flexibility index (Phi) is 4.56. The maximum Gasteiger partial charge on any atom is 0.390 e. The first kappa shape index (κ1) is 13.3. The van der Waals surface area contributed by atoms with E-state index in [2.05, 4.69) is 5.32 Å². The van der Waals surface area contributed by atoms with E-state index in [-0.39, 0.29) is 18.1 Å². The Morgan fingerprint density at radius 3 is 2.50 bits per heavy atom. The van der Waals surface area contributed by atoms with Crippen LogP contribution in [0.2, 0.25) is 5.02 Å². The van der Waals surface area contributed by atoms with Gasteiger partial charge in [-0.25, -0.2) is 4.39 Å². The van der Waals surface area contributed by atoms with Crippen LogP contribution in [-0.2, 0) is 6.54 Å². The van der Waals surface area contributed by atoms with Gasteiger partial charge < -0.3 is 5.32 Å². The van der Waals surface area contributed by atoms with Crippen LogP contribution in [0.15, 0.2) is 18.2 Å². The molecule has 1 nitrogen and oxygen atoms in total. The number of alkyl halides is 3. The predicted molar refractivity (Wildman–Crippen MR) is 53.8 cm³/mol. The smallest absolute Gasteiger partial charge is 0.312 e. The summed E-state index contributed by atoms with van der Waals surface area (Å²) in [5, 5.41) is 2.78. The fourth-order valence-corrected chi connectivity index (χ4v) is 1.28. The summed E-state index contributed by atoms with van der Waals surface area (Å²) in [7, 11) is 0. The number of nitrogens with one attached hydrogen (secondary N) is 1. The molecule has 0 aliphatic carbocycles. The lowest BCUT2D eigenvalue weighted by molar-refractivity contribution is -0.133. The van der Waals surface area contributed by atoms with Crippen LogP contribution in [0.1, 0.15) is 12.0 Å². The van der Waals surface area contributed by atoms with Crippen molar-refractivity contribution in [3.8, 4) is 0 Å². The van der Waals surface area contributed by atoms with Crippen LogP contribution in [0, 0.1) is 5.82 Å². The van der Waals surface area contributed by atoms with Crippen molar-refractivity contribution in [3.05, 3.63) is 34.6 Å². The third-order valence-corrected chi connectivity index (χ3v) is 2.15. The average molecular weight is 256 g/mol. The number of hydrogen-bond acceptors (Lipinski definition) is 1. The zero-order valence-corrected chi connectivity index (χ0v) is 9.00. The highest BCUT2D eigenvalue weighted by Crippen LogP contribution is 2.18. The second-order valence-corrected chi connectivity index (χ2v) is 3.71. The maximum atomic E-state index is 13.2. The Balaban J connectivity index is 2.38. The fraction of sp³-hybridized carbons (Fsp3) is 0.400. The summed E-state index contributed by atoms with van der Waals surface area (Å²) >= 11 is 5.53. The highest BCUT2D eigenvalue weighted by atomic mass is 35.5.